The Labute approximate surface area is 765 Å². The molecule has 0 saturated heterocycles. The number of methoxy groups -OCH3 is 2. The van der Waals surface area contributed by atoms with Crippen molar-refractivity contribution in [2.75, 3.05) is 40.6 Å². The monoisotopic (exact) mass is 1790 g/mol. The number of hydrogen-bond donors (Lipinski definition) is 6. The molecule has 688 valence electrons. The molecule has 0 aliphatic heterocycles. The summed E-state index contributed by atoms with van der Waals surface area (Å²) >= 11 is 0. The van der Waals surface area contributed by atoms with Crippen LogP contribution >= 0.6 is 0 Å². The first-order valence-electron chi connectivity index (χ1n) is 47.6. The van der Waals surface area contributed by atoms with Crippen LogP contribution in [0.1, 0.15) is 271 Å². The lowest BCUT2D eigenvalue weighted by molar-refractivity contribution is -0.174. The van der Waals surface area contributed by atoms with Gasteiger partial charge in [-0.15, -0.1) is 0 Å². The number of hydrogen-bond acceptors (Lipinski definition) is 24. The fourth-order valence-corrected chi connectivity index (χ4v) is 28.3. The number of esters is 8. The van der Waals surface area contributed by atoms with Gasteiger partial charge in [0, 0.05) is 69.2 Å². The standard InChI is InChI=1S/C108H112O24/c1-123-91-45-89(113)83-43-85(91)100(64-9-17-68(18-10-64)108(122)128-52-96(118)132-104-75-35-59-22-60(37-75)38-76(104)36-59)84-44-86(92(124-2)46-90(84)114)99(63-7-15-67(16-8-63)107(121)127-51-95(117)131-103-73-31-57-21-58(33-73)34-74(103)32-57)82-42-80(78(48-110)40-88(82)112)97(61-3-11-65(12-4-61)105(119)125-49-93(115)129-101-69-23-53-19-54(25-69)26-70(101)24-53)81-41-79(77(47-109)39-87(81)111)98(83)62-5-13-66(14-6-62)106(120)126-50-94(116)130-102-71-27-55-20-56(29-71)30-72(102)28-55/h3-18,39-46,53-60,69-76,97-104,109-114H,19-38,47-52H2,1-2H3. The lowest BCUT2D eigenvalue weighted by Crippen LogP contribution is -2.50. The number of carbonyl (C=O) groups is 8. The minimum atomic E-state index is -1.24. The third kappa shape index (κ3) is 16.7. The normalized spacial score (nSPS) is 30.5. The highest BCUT2D eigenvalue weighted by Gasteiger charge is 2.55. The number of carbonyl (C=O) groups excluding carboxylic acids is 8. The van der Waals surface area contributed by atoms with Gasteiger partial charge in [0.25, 0.3) is 0 Å². The molecule has 4 atom stereocenters. The van der Waals surface area contributed by atoms with E-state index in [2.05, 4.69) is 0 Å². The van der Waals surface area contributed by atoms with Gasteiger partial charge in [-0.3, -0.25) is 0 Å². The van der Waals surface area contributed by atoms with Gasteiger partial charge in [-0.2, -0.15) is 0 Å². The number of fused-ring (bicyclic) bond motifs is 8. The van der Waals surface area contributed by atoms with Gasteiger partial charge in [-0.25, -0.2) is 38.4 Å². The Morgan fingerprint density at radius 3 is 0.659 bits per heavy atom. The summed E-state index contributed by atoms with van der Waals surface area (Å²) in [5.41, 5.74) is 3.58. The Morgan fingerprint density at radius 2 is 0.455 bits per heavy atom. The van der Waals surface area contributed by atoms with E-state index in [1.165, 1.54) is 113 Å². The van der Waals surface area contributed by atoms with Gasteiger partial charge in [0.2, 0.25) is 0 Å². The Kier molecular flexibility index (Phi) is 23.5. The molecule has 0 amide bonds. The number of phenolic OH excluding ortho intramolecular Hbond substituents is 4. The molecule has 16 fully saturated rings. The molecule has 132 heavy (non-hydrogen) atoms. The fraction of sp³-hybridized carbons (Fsp3) is 0.481. The molecular weight excluding hydrogens is 1680 g/mol. The largest absolute Gasteiger partial charge is 0.508 e. The van der Waals surface area contributed by atoms with E-state index in [4.69, 9.17) is 47.4 Å². The molecule has 17 aliphatic rings. The zero-order chi connectivity index (χ0) is 90.8. The van der Waals surface area contributed by atoms with Crippen LogP contribution in [0.4, 0.5) is 0 Å². The third-order valence-electron chi connectivity index (χ3n) is 33.0. The molecule has 24 bridgehead atoms. The maximum Gasteiger partial charge on any atom is 0.344 e. The van der Waals surface area contributed by atoms with E-state index in [9.17, 15) is 69.0 Å². The van der Waals surface area contributed by atoms with Crippen LogP contribution in [-0.4, -0.2) is 143 Å². The quantitative estimate of drug-likeness (QED) is 0.0242. The summed E-state index contributed by atoms with van der Waals surface area (Å²) in [5, 5.41) is 76.5. The van der Waals surface area contributed by atoms with Crippen molar-refractivity contribution >= 4 is 47.8 Å². The number of phenols is 4. The second-order valence-corrected chi connectivity index (χ2v) is 40.9. The molecule has 17 aliphatic carbocycles. The summed E-state index contributed by atoms with van der Waals surface area (Å²) in [5.74, 6) is -4.86. The molecule has 0 radical (unpaired) electrons. The molecule has 0 aromatic heterocycles. The van der Waals surface area contributed by atoms with Crippen LogP contribution < -0.4 is 9.47 Å². The van der Waals surface area contributed by atoms with Crippen molar-refractivity contribution < 1.29 is 116 Å². The first-order chi connectivity index (χ1) is 64.0. The highest BCUT2D eigenvalue weighted by atomic mass is 16.6. The van der Waals surface area contributed by atoms with Crippen LogP contribution in [0.25, 0.3) is 0 Å². The van der Waals surface area contributed by atoms with Crippen molar-refractivity contribution in [1.29, 1.82) is 0 Å². The minimum absolute atomic E-state index is 0.0389. The number of aromatic hydroxyl groups is 4. The predicted octanol–water partition coefficient (Wildman–Crippen LogP) is 16.6. The molecule has 8 aromatic rings. The molecule has 0 heterocycles. The summed E-state index contributed by atoms with van der Waals surface area (Å²) in [6.45, 7) is -4.00. The van der Waals surface area contributed by atoms with E-state index in [1.54, 1.807) is 72.8 Å². The van der Waals surface area contributed by atoms with Crippen molar-refractivity contribution in [2.24, 2.45) is 94.7 Å². The highest BCUT2D eigenvalue weighted by molar-refractivity contribution is 5.93. The smallest absolute Gasteiger partial charge is 0.344 e. The first kappa shape index (κ1) is 86.9. The average Bonchev–Trinajstić information content (AvgIpc) is 0.725. The molecule has 24 nitrogen and oxygen atoms in total. The van der Waals surface area contributed by atoms with E-state index in [-0.39, 0.29) is 184 Å². The Hall–Kier alpha value is -11.8. The van der Waals surface area contributed by atoms with Crippen molar-refractivity contribution in [3.63, 3.8) is 0 Å². The van der Waals surface area contributed by atoms with E-state index >= 15 is 0 Å². The summed E-state index contributed by atoms with van der Waals surface area (Å²) < 4.78 is 59.9. The zero-order valence-electron chi connectivity index (χ0n) is 74.1. The molecular formula is C108H112O24. The van der Waals surface area contributed by atoms with Crippen molar-refractivity contribution in [1.82, 2.24) is 0 Å². The number of aliphatic hydroxyl groups is 2. The van der Waals surface area contributed by atoms with E-state index in [0.717, 1.165) is 103 Å². The summed E-state index contributed by atoms with van der Waals surface area (Å²) in [7, 11) is 2.80. The average molecular weight is 1790 g/mol. The highest BCUT2D eigenvalue weighted by Crippen LogP contribution is 2.61. The first-order valence-corrected chi connectivity index (χ1v) is 47.6. The van der Waals surface area contributed by atoms with Crippen LogP contribution in [0.3, 0.4) is 0 Å². The molecule has 4 unspecified atom stereocenters. The van der Waals surface area contributed by atoms with Gasteiger partial charge in [-0.1, -0.05) is 48.5 Å². The second kappa shape index (κ2) is 35.7. The van der Waals surface area contributed by atoms with Gasteiger partial charge in [0.1, 0.15) is 58.9 Å². The zero-order valence-corrected chi connectivity index (χ0v) is 74.1. The molecule has 16 saturated carbocycles. The Balaban J connectivity index is 0.683. The SMILES string of the molecule is COc1cc(O)c2cc1C(c1ccc(C(=O)OCC(=O)OC3C4CC5CC(C4)CC3C5)cc1)c1cc(c(OC)cc1O)C(c1ccc(C(=O)OCC(=O)OC3C4CC5CC(C4)CC3C5)cc1)c1cc(c(CO)cc1O)C(c1ccc(C(=O)OCC(=O)OC3C4CC5CC(C4)CC3C5)cc1)c1cc(c(CO)cc1O)C2c1ccc(C(=O)OCC(=O)OC2C3CC4CC(C3)CC2C4)cc1. The topological polar surface area (TPSA) is 350 Å². The van der Waals surface area contributed by atoms with Crippen molar-refractivity contribution in [2.45, 2.75) is 190 Å². The second-order valence-electron chi connectivity index (χ2n) is 40.9. The van der Waals surface area contributed by atoms with E-state index in [0.29, 0.717) is 69.6 Å². The molecule has 8 aromatic carbocycles. The molecule has 24 heteroatoms. The maximum atomic E-state index is 14.3. The molecule has 25 rings (SSSR count). The molecule has 0 spiro atoms. The summed E-state index contributed by atoms with van der Waals surface area (Å²) in [6, 6.07) is 37.4. The van der Waals surface area contributed by atoms with E-state index < -0.39 is 111 Å². The summed E-state index contributed by atoms with van der Waals surface area (Å²) in [4.78, 5) is 112. The third-order valence-corrected chi connectivity index (χ3v) is 33.0. The van der Waals surface area contributed by atoms with Crippen LogP contribution in [0.5, 0.6) is 34.5 Å². The van der Waals surface area contributed by atoms with Gasteiger partial charge >= 0.3 is 47.8 Å². The summed E-state index contributed by atoms with van der Waals surface area (Å²) in [6.07, 6.45) is 20.1. The van der Waals surface area contributed by atoms with Crippen LogP contribution in [0.15, 0.2) is 146 Å². The van der Waals surface area contributed by atoms with Gasteiger partial charge in [-0.05, 0) is 353 Å². The van der Waals surface area contributed by atoms with Crippen molar-refractivity contribution in [3.05, 3.63) is 246 Å². The predicted molar refractivity (Wildman–Crippen MR) is 476 cm³/mol. The van der Waals surface area contributed by atoms with Crippen molar-refractivity contribution in [3.8, 4) is 34.5 Å². The van der Waals surface area contributed by atoms with Gasteiger partial charge in [0.05, 0.1) is 49.7 Å². The van der Waals surface area contributed by atoms with Gasteiger partial charge in [0.15, 0.2) is 26.4 Å². The fourth-order valence-electron chi connectivity index (χ4n) is 28.3. The maximum absolute atomic E-state index is 14.3. The lowest BCUT2D eigenvalue weighted by Gasteiger charge is -2.53. The minimum Gasteiger partial charge on any atom is -0.508 e. The number of rotatable bonds is 24. The van der Waals surface area contributed by atoms with E-state index in [1.807, 2.05) is 0 Å². The Bertz CT molecular complexity index is 5010. The Morgan fingerprint density at radius 1 is 0.258 bits per heavy atom. The van der Waals surface area contributed by atoms with Crippen LogP contribution in [0, 0.1) is 94.7 Å². The van der Waals surface area contributed by atoms with Gasteiger partial charge < -0.3 is 78.0 Å². The lowest BCUT2D eigenvalue weighted by atomic mass is 9.55. The molecule has 6 N–H and O–H groups in total. The number of ether oxygens (including phenoxy) is 10. The number of benzene rings is 8. The van der Waals surface area contributed by atoms with Crippen LogP contribution in [0.2, 0.25) is 0 Å². The number of aliphatic hydroxyl groups excluding tert-OH is 2. The van der Waals surface area contributed by atoms with Crippen LogP contribution in [-0.2, 0) is 70.3 Å².